The molecule has 0 bridgehead atoms. The highest BCUT2D eigenvalue weighted by Crippen LogP contribution is 2.51. The molecule has 0 spiro atoms. The van der Waals surface area contributed by atoms with E-state index in [0.29, 0.717) is 0 Å². The number of rotatable bonds is 8. The van der Waals surface area contributed by atoms with Crippen LogP contribution in [0.3, 0.4) is 0 Å². The first kappa shape index (κ1) is 34.8. The summed E-state index contributed by atoms with van der Waals surface area (Å²) < 4.78 is 0. The lowest BCUT2D eigenvalue weighted by Gasteiger charge is -2.28. The van der Waals surface area contributed by atoms with E-state index in [9.17, 15) is 0 Å². The Morgan fingerprint density at radius 3 is 1.32 bits per heavy atom. The van der Waals surface area contributed by atoms with Crippen LogP contribution in [0, 0.1) is 0 Å². The molecule has 276 valence electrons. The van der Waals surface area contributed by atoms with E-state index in [4.69, 9.17) is 0 Å². The van der Waals surface area contributed by atoms with Crippen molar-refractivity contribution < 1.29 is 0 Å². The maximum absolute atomic E-state index is 2.43. The van der Waals surface area contributed by atoms with Crippen molar-refractivity contribution >= 4 is 28.4 Å². The van der Waals surface area contributed by atoms with Crippen LogP contribution in [0.5, 0.6) is 0 Å². The smallest absolute Gasteiger partial charge is 0.0481 e. The summed E-state index contributed by atoms with van der Waals surface area (Å²) in [6.07, 6.45) is 0. The predicted octanol–water partition coefficient (Wildman–Crippen LogP) is 14.8. The molecule has 2 nitrogen and oxygen atoms in total. The van der Waals surface area contributed by atoms with Crippen molar-refractivity contribution in [1.82, 2.24) is 0 Å². The molecule has 8 aromatic rings. The lowest BCUT2D eigenvalue weighted by Crippen LogP contribution is -2.18. The highest BCUT2D eigenvalue weighted by Gasteiger charge is 2.36. The van der Waals surface area contributed by atoms with Crippen LogP contribution in [0.4, 0.5) is 28.4 Å². The minimum atomic E-state index is -0.0684. The van der Waals surface area contributed by atoms with E-state index in [1.807, 2.05) is 0 Å². The number of hydrogen-bond acceptors (Lipinski definition) is 2. The molecule has 0 unspecified atom stereocenters. The molecule has 0 heterocycles. The Kier molecular flexibility index (Phi) is 8.27. The van der Waals surface area contributed by atoms with Crippen LogP contribution < -0.4 is 9.80 Å². The van der Waals surface area contributed by atoms with Gasteiger partial charge in [-0.25, -0.2) is 0 Å². The second-order valence-corrected chi connectivity index (χ2v) is 16.6. The van der Waals surface area contributed by atoms with Crippen LogP contribution in [0.1, 0.15) is 55.5 Å². The van der Waals surface area contributed by atoms with Gasteiger partial charge in [0.2, 0.25) is 0 Å². The Labute approximate surface area is 337 Å². The molecule has 2 aliphatic carbocycles. The molecule has 8 aromatic carbocycles. The van der Waals surface area contributed by atoms with Crippen molar-refractivity contribution in [2.75, 3.05) is 9.80 Å². The number of anilines is 5. The molecular weight excluding hydrogens is 689 g/mol. The van der Waals surface area contributed by atoms with Crippen LogP contribution in [0.15, 0.2) is 194 Å². The summed E-state index contributed by atoms with van der Waals surface area (Å²) >= 11 is 0. The van der Waals surface area contributed by atoms with E-state index >= 15 is 0 Å². The average Bonchev–Trinajstić information content (AvgIpc) is 3.63. The van der Waals surface area contributed by atoms with Crippen molar-refractivity contribution in [3.05, 3.63) is 222 Å². The molecule has 2 heteroatoms. The Morgan fingerprint density at radius 1 is 0.333 bits per heavy atom. The molecule has 0 atom stereocenters. The molecule has 2 aliphatic rings. The van der Waals surface area contributed by atoms with E-state index in [0.717, 1.165) is 23.6 Å². The highest BCUT2D eigenvalue weighted by atomic mass is 15.1. The minimum Gasteiger partial charge on any atom is -0.337 e. The van der Waals surface area contributed by atoms with Gasteiger partial charge in [-0.05, 0) is 122 Å². The molecule has 57 heavy (non-hydrogen) atoms. The lowest BCUT2D eigenvalue weighted by atomic mass is 9.82. The van der Waals surface area contributed by atoms with Gasteiger partial charge in [-0.2, -0.15) is 0 Å². The third-order valence-electron chi connectivity index (χ3n) is 12.5. The van der Waals surface area contributed by atoms with Gasteiger partial charge in [0.05, 0.1) is 0 Å². The quantitative estimate of drug-likeness (QED) is 0.153. The summed E-state index contributed by atoms with van der Waals surface area (Å²) in [4.78, 5) is 4.81. The van der Waals surface area contributed by atoms with E-state index in [1.54, 1.807) is 0 Å². The van der Waals surface area contributed by atoms with E-state index in [-0.39, 0.29) is 10.8 Å². The summed E-state index contributed by atoms with van der Waals surface area (Å²) in [5.41, 5.74) is 20.3. The van der Waals surface area contributed by atoms with Gasteiger partial charge in [-0.3, -0.25) is 0 Å². The summed E-state index contributed by atoms with van der Waals surface area (Å²) in [5, 5.41) is 0. The van der Waals surface area contributed by atoms with Crippen molar-refractivity contribution in [2.45, 2.75) is 45.1 Å². The highest BCUT2D eigenvalue weighted by molar-refractivity contribution is 5.86. The van der Waals surface area contributed by atoms with Gasteiger partial charge >= 0.3 is 0 Å². The van der Waals surface area contributed by atoms with Crippen LogP contribution in [0.25, 0.3) is 33.4 Å². The molecule has 0 saturated carbocycles. The Balaban J connectivity index is 0.950. The van der Waals surface area contributed by atoms with E-state index < -0.39 is 0 Å². The fourth-order valence-electron chi connectivity index (χ4n) is 9.46. The SMILES string of the molecule is CC1(C)c2ccccc2-c2ccc(CN(c3ccccc3)c3ccc(-c4ccc(N(c5ccccc5)c5ccc6c(c5)C(C)(C)c5ccccc5-6)cc4)cc3)cc21. The monoisotopic (exact) mass is 734 g/mol. The first-order valence-corrected chi connectivity index (χ1v) is 20.1. The number of fused-ring (bicyclic) bond motifs is 6. The molecule has 0 N–H and O–H groups in total. The summed E-state index contributed by atoms with van der Waals surface area (Å²) in [5.74, 6) is 0. The van der Waals surface area contributed by atoms with Crippen LogP contribution in [0.2, 0.25) is 0 Å². The minimum absolute atomic E-state index is 0.0283. The van der Waals surface area contributed by atoms with Gasteiger partial charge in [-0.1, -0.05) is 161 Å². The molecule has 0 aliphatic heterocycles. The zero-order valence-electron chi connectivity index (χ0n) is 33.1. The topological polar surface area (TPSA) is 6.48 Å². The molecule has 0 radical (unpaired) electrons. The van der Waals surface area contributed by atoms with Crippen LogP contribution >= 0.6 is 0 Å². The molecule has 10 rings (SSSR count). The zero-order valence-corrected chi connectivity index (χ0v) is 33.1. The molecular formula is C55H46N2. The van der Waals surface area contributed by atoms with E-state index in [1.165, 1.54) is 72.6 Å². The van der Waals surface area contributed by atoms with Crippen molar-refractivity contribution in [1.29, 1.82) is 0 Å². The lowest BCUT2D eigenvalue weighted by molar-refractivity contribution is 0.659. The fraction of sp³-hybridized carbons (Fsp3) is 0.127. The van der Waals surface area contributed by atoms with Crippen molar-refractivity contribution in [3.8, 4) is 33.4 Å². The maximum atomic E-state index is 2.43. The van der Waals surface area contributed by atoms with Crippen LogP contribution in [-0.4, -0.2) is 0 Å². The van der Waals surface area contributed by atoms with Gasteiger partial charge in [0.1, 0.15) is 0 Å². The summed E-state index contributed by atoms with van der Waals surface area (Å²) in [7, 11) is 0. The van der Waals surface area contributed by atoms with Gasteiger partial charge in [-0.15, -0.1) is 0 Å². The van der Waals surface area contributed by atoms with Gasteiger partial charge in [0.15, 0.2) is 0 Å². The number of nitrogens with zero attached hydrogens (tertiary/aromatic N) is 2. The third-order valence-corrected chi connectivity index (χ3v) is 12.5. The Hall–Kier alpha value is -6.64. The summed E-state index contributed by atoms with van der Waals surface area (Å²) in [6, 6.07) is 71.3. The maximum Gasteiger partial charge on any atom is 0.0481 e. The Morgan fingerprint density at radius 2 is 0.737 bits per heavy atom. The number of benzene rings is 8. The number of para-hydroxylation sites is 2. The number of hydrogen-bond donors (Lipinski definition) is 0. The van der Waals surface area contributed by atoms with Gasteiger partial charge in [0, 0.05) is 45.8 Å². The zero-order chi connectivity index (χ0) is 38.7. The second-order valence-electron chi connectivity index (χ2n) is 16.6. The Bertz CT molecular complexity index is 2740. The predicted molar refractivity (Wildman–Crippen MR) is 240 cm³/mol. The largest absolute Gasteiger partial charge is 0.337 e. The standard InChI is InChI=1S/C55H46N2/c1-54(2)50-21-13-11-19-46(50)48-33-23-38(35-52(48)54)37-56(41-15-7-5-8-16-41)42-28-24-39(25-29-42)40-26-30-44(31-27-40)57(43-17-9-6-10-18-43)45-32-34-49-47-20-12-14-22-51(47)55(3,4)53(49)36-45/h5-36H,37H2,1-4H3. The van der Waals surface area contributed by atoms with E-state index in [2.05, 4.69) is 232 Å². The molecule has 0 aromatic heterocycles. The van der Waals surface area contributed by atoms with Crippen LogP contribution in [-0.2, 0) is 17.4 Å². The fourth-order valence-corrected chi connectivity index (χ4v) is 9.46. The van der Waals surface area contributed by atoms with Crippen molar-refractivity contribution in [2.24, 2.45) is 0 Å². The average molecular weight is 735 g/mol. The molecule has 0 amide bonds. The summed E-state index contributed by atoms with van der Waals surface area (Å²) in [6.45, 7) is 10.2. The normalized spacial score (nSPS) is 14.0. The van der Waals surface area contributed by atoms with Gasteiger partial charge < -0.3 is 9.80 Å². The first-order valence-electron chi connectivity index (χ1n) is 20.1. The molecule has 0 saturated heterocycles. The first-order chi connectivity index (χ1) is 27.8. The third kappa shape index (κ3) is 5.87. The van der Waals surface area contributed by atoms with Crippen molar-refractivity contribution in [3.63, 3.8) is 0 Å². The van der Waals surface area contributed by atoms with Gasteiger partial charge in [0.25, 0.3) is 0 Å². The second kappa shape index (κ2) is 13.5. The molecule has 0 fully saturated rings.